The summed E-state index contributed by atoms with van der Waals surface area (Å²) in [6.07, 6.45) is 0.905. The predicted octanol–water partition coefficient (Wildman–Crippen LogP) is 6.19. The van der Waals surface area contributed by atoms with Gasteiger partial charge in [-0.05, 0) is 52.9 Å². The van der Waals surface area contributed by atoms with Crippen molar-refractivity contribution in [3.05, 3.63) is 107 Å². The van der Waals surface area contributed by atoms with Gasteiger partial charge < -0.3 is 24.3 Å². The number of nitrogens with one attached hydrogen (secondary N) is 1. The second-order valence-corrected chi connectivity index (χ2v) is 8.77. The highest BCUT2D eigenvalue weighted by molar-refractivity contribution is 5.74. The average molecular weight is 482 g/mol. The highest BCUT2D eigenvalue weighted by Gasteiger charge is 2.28. The van der Waals surface area contributed by atoms with Crippen LogP contribution in [0.5, 0.6) is 23.0 Å². The van der Waals surface area contributed by atoms with E-state index in [2.05, 4.69) is 53.8 Å². The smallest absolute Gasteiger partial charge is 0.162 e. The fourth-order valence-corrected chi connectivity index (χ4v) is 4.84. The van der Waals surface area contributed by atoms with Gasteiger partial charge in [-0.1, -0.05) is 60.7 Å². The summed E-state index contributed by atoms with van der Waals surface area (Å²) in [7, 11) is 5.11. The minimum atomic E-state index is -0.0765. The van der Waals surface area contributed by atoms with Crippen molar-refractivity contribution >= 4 is 0 Å². The molecule has 0 radical (unpaired) electrons. The van der Waals surface area contributed by atoms with Crippen LogP contribution in [0.4, 0.5) is 0 Å². The van der Waals surface area contributed by atoms with Crippen molar-refractivity contribution in [1.29, 1.82) is 0 Å². The number of ether oxygens (including phenoxy) is 4. The Kier molecular flexibility index (Phi) is 7.10. The monoisotopic (exact) mass is 481 g/mol. The molecule has 0 spiro atoms. The molecule has 1 heterocycles. The van der Waals surface area contributed by atoms with Gasteiger partial charge in [0.05, 0.1) is 27.4 Å². The summed E-state index contributed by atoms with van der Waals surface area (Å²) in [5, 5.41) is 3.68. The molecule has 1 N–H and O–H groups in total. The van der Waals surface area contributed by atoms with E-state index in [4.69, 9.17) is 18.9 Å². The van der Waals surface area contributed by atoms with Gasteiger partial charge in [0, 0.05) is 17.7 Å². The Morgan fingerprint density at radius 3 is 2.06 bits per heavy atom. The minimum absolute atomic E-state index is 0.0765. The molecule has 36 heavy (non-hydrogen) atoms. The van der Waals surface area contributed by atoms with E-state index in [1.807, 2.05) is 36.4 Å². The molecule has 184 valence electrons. The van der Waals surface area contributed by atoms with E-state index in [1.165, 1.54) is 5.56 Å². The topological polar surface area (TPSA) is 49.0 Å². The molecule has 5 nitrogen and oxygen atoms in total. The van der Waals surface area contributed by atoms with Gasteiger partial charge in [0.25, 0.3) is 0 Å². The van der Waals surface area contributed by atoms with Gasteiger partial charge in [0.1, 0.15) is 18.1 Å². The molecule has 4 aromatic carbocycles. The highest BCUT2D eigenvalue weighted by Crippen LogP contribution is 2.43. The van der Waals surface area contributed by atoms with Gasteiger partial charge in [-0.15, -0.1) is 0 Å². The molecule has 0 aliphatic carbocycles. The maximum Gasteiger partial charge on any atom is 0.162 e. The minimum Gasteiger partial charge on any atom is -0.496 e. The van der Waals surface area contributed by atoms with Crippen LogP contribution < -0.4 is 24.3 Å². The van der Waals surface area contributed by atoms with Crippen molar-refractivity contribution in [2.45, 2.75) is 19.1 Å². The summed E-state index contributed by atoms with van der Waals surface area (Å²) >= 11 is 0. The van der Waals surface area contributed by atoms with Gasteiger partial charge in [0.15, 0.2) is 11.5 Å². The van der Waals surface area contributed by atoms with E-state index in [0.717, 1.165) is 63.8 Å². The molecule has 4 aromatic rings. The summed E-state index contributed by atoms with van der Waals surface area (Å²) in [6.45, 7) is 1.31. The molecule has 5 rings (SSSR count). The average Bonchev–Trinajstić information content (AvgIpc) is 2.95. The van der Waals surface area contributed by atoms with E-state index >= 15 is 0 Å². The largest absolute Gasteiger partial charge is 0.496 e. The SMILES string of the molecule is COc1cc2c(cc1OCc1ccccc1)C(c1cc(OC)c(-c3ccccc3)cc1OC)NCC2. The van der Waals surface area contributed by atoms with E-state index in [0.29, 0.717) is 6.61 Å². The molecular formula is C31H31NO4. The van der Waals surface area contributed by atoms with Crippen molar-refractivity contribution in [2.75, 3.05) is 27.9 Å². The van der Waals surface area contributed by atoms with Gasteiger partial charge in [-0.25, -0.2) is 0 Å². The molecule has 0 saturated carbocycles. The standard InChI is InChI=1S/C31H31NO4/c1-33-27-19-26(28(34-2)17-24(27)22-12-8-5-9-13-22)31-25-18-30(36-20-21-10-6-4-7-11-21)29(35-3)16-23(25)14-15-32-31/h4-13,16-19,31-32H,14-15,20H2,1-3H3. The third kappa shape index (κ3) is 4.75. The number of fused-ring (bicyclic) bond motifs is 1. The number of hydrogen-bond acceptors (Lipinski definition) is 5. The summed E-state index contributed by atoms with van der Waals surface area (Å²) < 4.78 is 23.7. The lowest BCUT2D eigenvalue weighted by Crippen LogP contribution is -2.31. The maximum absolute atomic E-state index is 6.23. The molecule has 0 aromatic heterocycles. The lowest BCUT2D eigenvalue weighted by molar-refractivity contribution is 0.283. The van der Waals surface area contributed by atoms with Crippen LogP contribution in [0.15, 0.2) is 84.9 Å². The van der Waals surface area contributed by atoms with Gasteiger partial charge in [0.2, 0.25) is 0 Å². The Hall–Kier alpha value is -3.96. The molecule has 0 bridgehead atoms. The van der Waals surface area contributed by atoms with Crippen LogP contribution in [-0.2, 0) is 13.0 Å². The quantitative estimate of drug-likeness (QED) is 0.325. The third-order valence-electron chi connectivity index (χ3n) is 6.66. The van der Waals surface area contributed by atoms with Gasteiger partial charge >= 0.3 is 0 Å². The van der Waals surface area contributed by atoms with Gasteiger partial charge in [-0.2, -0.15) is 0 Å². The number of methoxy groups -OCH3 is 3. The molecule has 1 aliphatic heterocycles. The fraction of sp³-hybridized carbons (Fsp3) is 0.226. The molecule has 1 aliphatic rings. The molecule has 1 atom stereocenters. The molecule has 5 heteroatoms. The van der Waals surface area contributed by atoms with Crippen LogP contribution in [0.25, 0.3) is 11.1 Å². The van der Waals surface area contributed by atoms with Crippen molar-refractivity contribution in [2.24, 2.45) is 0 Å². The first kappa shape index (κ1) is 23.8. The van der Waals surface area contributed by atoms with E-state index < -0.39 is 0 Å². The van der Waals surface area contributed by atoms with Crippen molar-refractivity contribution < 1.29 is 18.9 Å². The van der Waals surface area contributed by atoms with Crippen molar-refractivity contribution in [1.82, 2.24) is 5.32 Å². The number of rotatable bonds is 8. The Morgan fingerprint density at radius 1 is 0.694 bits per heavy atom. The first-order valence-electron chi connectivity index (χ1n) is 12.1. The first-order chi connectivity index (χ1) is 17.7. The zero-order valence-corrected chi connectivity index (χ0v) is 20.9. The lowest BCUT2D eigenvalue weighted by Gasteiger charge is -2.30. The number of benzene rings is 4. The van der Waals surface area contributed by atoms with Crippen molar-refractivity contribution in [3.8, 4) is 34.1 Å². The third-order valence-corrected chi connectivity index (χ3v) is 6.66. The Labute approximate surface area is 212 Å². The van der Waals surface area contributed by atoms with E-state index in [-0.39, 0.29) is 6.04 Å². The summed E-state index contributed by atoms with van der Waals surface area (Å²) in [5.74, 6) is 3.08. The zero-order valence-electron chi connectivity index (χ0n) is 20.9. The Bertz CT molecular complexity index is 1320. The Balaban J connectivity index is 1.55. The normalized spacial score (nSPS) is 14.6. The molecule has 0 fully saturated rings. The zero-order chi connectivity index (χ0) is 24.9. The lowest BCUT2D eigenvalue weighted by atomic mass is 9.87. The molecule has 0 saturated heterocycles. The van der Waals surface area contributed by atoms with Crippen LogP contribution in [0.3, 0.4) is 0 Å². The van der Waals surface area contributed by atoms with Crippen LogP contribution in [-0.4, -0.2) is 27.9 Å². The molecule has 1 unspecified atom stereocenters. The molecule has 0 amide bonds. The van der Waals surface area contributed by atoms with Crippen LogP contribution in [0.2, 0.25) is 0 Å². The van der Waals surface area contributed by atoms with Crippen LogP contribution >= 0.6 is 0 Å². The van der Waals surface area contributed by atoms with E-state index in [1.54, 1.807) is 21.3 Å². The predicted molar refractivity (Wildman–Crippen MR) is 142 cm³/mol. The second kappa shape index (κ2) is 10.8. The van der Waals surface area contributed by atoms with E-state index in [9.17, 15) is 0 Å². The maximum atomic E-state index is 6.23. The summed E-state index contributed by atoms with van der Waals surface area (Å²) in [4.78, 5) is 0. The summed E-state index contributed by atoms with van der Waals surface area (Å²) in [6, 6.07) is 28.6. The highest BCUT2D eigenvalue weighted by atomic mass is 16.5. The molecular weight excluding hydrogens is 450 g/mol. The second-order valence-electron chi connectivity index (χ2n) is 8.77. The van der Waals surface area contributed by atoms with Gasteiger partial charge in [-0.3, -0.25) is 0 Å². The van der Waals surface area contributed by atoms with Crippen LogP contribution in [0, 0.1) is 0 Å². The first-order valence-corrected chi connectivity index (χ1v) is 12.1. The van der Waals surface area contributed by atoms with Crippen molar-refractivity contribution in [3.63, 3.8) is 0 Å². The fourth-order valence-electron chi connectivity index (χ4n) is 4.84. The Morgan fingerprint density at radius 2 is 1.36 bits per heavy atom. The number of hydrogen-bond donors (Lipinski definition) is 1. The van der Waals surface area contributed by atoms with Crippen LogP contribution in [0.1, 0.15) is 28.3 Å². The summed E-state index contributed by atoms with van der Waals surface area (Å²) in [5.41, 5.74) is 6.59.